The van der Waals surface area contributed by atoms with Gasteiger partial charge in [-0.05, 0) is 72.5 Å². The number of hydrogen-bond acceptors (Lipinski definition) is 11. The maximum atomic E-state index is 14.2. The summed E-state index contributed by atoms with van der Waals surface area (Å²) in [6.07, 6.45) is 0.792. The molecule has 2 saturated heterocycles. The number of esters is 1. The average Bonchev–Trinajstić information content (AvgIpc) is 3.63. The minimum absolute atomic E-state index is 0.0324. The summed E-state index contributed by atoms with van der Waals surface area (Å²) in [5.74, 6) is -2.49. The van der Waals surface area contributed by atoms with Crippen LogP contribution < -0.4 is 4.90 Å². The molecule has 12 nitrogen and oxygen atoms in total. The number of fused-ring (bicyclic) bond motifs is 2. The van der Waals surface area contributed by atoms with Crippen molar-refractivity contribution in [2.24, 2.45) is 40.4 Å². The first kappa shape index (κ1) is 35.3. The number of aliphatic hydroxyl groups is 2. The first-order valence-electron chi connectivity index (χ1n) is 18.0. The zero-order valence-corrected chi connectivity index (χ0v) is 31.8. The maximum absolute atomic E-state index is 14.2. The van der Waals surface area contributed by atoms with Crippen molar-refractivity contribution in [3.8, 4) is 0 Å². The highest BCUT2D eigenvalue weighted by Gasteiger charge is 2.91. The Morgan fingerprint density at radius 2 is 1.84 bits per heavy atom. The van der Waals surface area contributed by atoms with Gasteiger partial charge >= 0.3 is 5.97 Å². The molecule has 13 heteroatoms. The van der Waals surface area contributed by atoms with E-state index in [-0.39, 0.29) is 84.5 Å². The van der Waals surface area contributed by atoms with E-state index >= 15 is 0 Å². The number of likely N-dealkylation sites (tertiary alicyclic amines) is 1. The molecule has 5 aliphatic carbocycles. The zero-order valence-electron chi connectivity index (χ0n) is 29.6. The Morgan fingerprint density at radius 1 is 1.08 bits per heavy atom. The standard InChI is InChI=1S/C37H49IN2O10/c1-7-39-16-34(17-50-32(43)20-13-19(38)8-9-23(20)40-26(41)12-18(2)31(40)42)11-10-25(47-4)36-22-14-21-24(46-3)15-35(44,27(22)28(21)48-5)37(45,33(36)39)30(49-6)29(34)36/h8-9,13,18,21-22,24-25,27-30,33,44-45H,7,10-12,14-17H2,1-6H3/t18-,21+,22+,24-,25-,27+,28-,29+,30-,33+,34-,35+,36-,37-/m0/s1/i38-2. The Hall–Kier alpha value is -1.72. The SMILES string of the molecule is CCN1C[C@]2(COC(=O)c3cc([125I])ccc3N3C(=O)C[C@H](C)C3=O)CC[C@H](OC)[C@]34[C@@H]5C[C@H]6[C@H](OC)[C@@H]5[C@](O)(C[C@@H]6OC)[C@@](O)([C@H]13)[C@@H](OC)[C@H]24. The Morgan fingerprint density at radius 3 is 2.46 bits per heavy atom. The van der Waals surface area contributed by atoms with Crippen molar-refractivity contribution >= 4 is 46.1 Å². The molecule has 2 heterocycles. The van der Waals surface area contributed by atoms with E-state index in [1.165, 1.54) is 0 Å². The number of methoxy groups -OCH3 is 4. The van der Waals surface area contributed by atoms with Gasteiger partial charge in [-0.1, -0.05) is 13.8 Å². The predicted octanol–water partition coefficient (Wildman–Crippen LogP) is 2.64. The third-order valence-electron chi connectivity index (χ3n) is 14.6. The summed E-state index contributed by atoms with van der Waals surface area (Å²) in [5.41, 5.74) is -4.18. The van der Waals surface area contributed by atoms with Crippen LogP contribution in [-0.2, 0) is 33.3 Å². The molecule has 0 radical (unpaired) electrons. The largest absolute Gasteiger partial charge is 0.461 e. The van der Waals surface area contributed by atoms with Crippen molar-refractivity contribution in [3.05, 3.63) is 27.3 Å². The van der Waals surface area contributed by atoms with Crippen molar-refractivity contribution in [2.45, 2.75) is 87.6 Å². The Labute approximate surface area is 306 Å². The summed E-state index contributed by atoms with van der Waals surface area (Å²) in [4.78, 5) is 43.6. The smallest absolute Gasteiger partial charge is 0.340 e. The number of likely N-dealkylation sites (N-methyl/N-ethyl adjacent to an activating group) is 1. The fourth-order valence-electron chi connectivity index (χ4n) is 13.2. The molecule has 274 valence electrons. The quantitative estimate of drug-likeness (QED) is 0.216. The molecule has 1 spiro atoms. The lowest BCUT2D eigenvalue weighted by molar-refractivity contribution is -0.320. The Bertz CT molecular complexity index is 1610. The minimum atomic E-state index is -1.70. The molecule has 1 aromatic carbocycles. The molecular weight excluding hydrogens is 757 g/mol. The van der Waals surface area contributed by atoms with Gasteiger partial charge in [-0.2, -0.15) is 0 Å². The summed E-state index contributed by atoms with van der Waals surface area (Å²) in [5, 5.41) is 26.6. The highest BCUT2D eigenvalue weighted by Crippen LogP contribution is 2.80. The van der Waals surface area contributed by atoms with Gasteiger partial charge in [-0.15, -0.1) is 0 Å². The van der Waals surface area contributed by atoms with Gasteiger partial charge in [-0.25, -0.2) is 9.69 Å². The topological polar surface area (TPSA) is 144 Å². The number of carbonyl (C=O) groups excluding carboxylic acids is 3. The molecule has 14 atom stereocenters. The third-order valence-corrected chi connectivity index (χ3v) is 15.3. The second-order valence-electron chi connectivity index (χ2n) is 16.1. The van der Waals surface area contributed by atoms with E-state index in [1.54, 1.807) is 53.6 Å². The molecule has 1 aromatic rings. The molecule has 7 aliphatic rings. The van der Waals surface area contributed by atoms with Gasteiger partial charge < -0.3 is 33.9 Å². The van der Waals surface area contributed by atoms with Crippen molar-refractivity contribution in [1.82, 2.24) is 4.90 Å². The van der Waals surface area contributed by atoms with Gasteiger partial charge in [-0.3, -0.25) is 14.5 Å². The monoisotopic (exact) mass is 806 g/mol. The van der Waals surface area contributed by atoms with Gasteiger partial charge in [0.05, 0.1) is 48.3 Å². The van der Waals surface area contributed by atoms with Crippen molar-refractivity contribution < 1.29 is 48.3 Å². The number of nitrogens with zero attached hydrogens (tertiary/aromatic N) is 2. The average molecular weight is 807 g/mol. The van der Waals surface area contributed by atoms with Gasteiger partial charge in [0, 0.05) is 85.9 Å². The van der Waals surface area contributed by atoms with Crippen LogP contribution in [-0.4, -0.2) is 123 Å². The van der Waals surface area contributed by atoms with Crippen LogP contribution in [0.5, 0.6) is 0 Å². The lowest BCUT2D eigenvalue weighted by Crippen LogP contribution is -2.82. The Kier molecular flexibility index (Phi) is 8.40. The number of halogens is 1. The minimum Gasteiger partial charge on any atom is -0.461 e. The number of piperidine rings is 1. The number of benzene rings is 1. The molecule has 0 aromatic heterocycles. The van der Waals surface area contributed by atoms with Crippen LogP contribution in [0.2, 0.25) is 0 Å². The summed E-state index contributed by atoms with van der Waals surface area (Å²) in [7, 11) is 6.71. The van der Waals surface area contributed by atoms with Gasteiger partial charge in [0.2, 0.25) is 11.8 Å². The fraction of sp³-hybridized carbons (Fsp3) is 0.757. The molecular formula is C37H49IN2O10. The van der Waals surface area contributed by atoms with E-state index in [0.717, 1.165) is 14.9 Å². The maximum Gasteiger partial charge on any atom is 0.340 e. The van der Waals surface area contributed by atoms with Crippen molar-refractivity contribution in [3.63, 3.8) is 0 Å². The number of carbonyl (C=O) groups is 3. The van der Waals surface area contributed by atoms with E-state index in [2.05, 4.69) is 34.4 Å². The normalized spacial score (nSPS) is 47.3. The van der Waals surface area contributed by atoms with E-state index in [1.807, 2.05) is 0 Å². The molecule has 5 saturated carbocycles. The number of ether oxygens (including phenoxy) is 5. The summed E-state index contributed by atoms with van der Waals surface area (Å²) in [6.45, 7) is 4.95. The molecule has 50 heavy (non-hydrogen) atoms. The fourth-order valence-corrected chi connectivity index (χ4v) is 13.7. The summed E-state index contributed by atoms with van der Waals surface area (Å²) in [6, 6.07) is 4.59. The van der Waals surface area contributed by atoms with Gasteiger partial charge in [0.15, 0.2) is 0 Å². The second-order valence-corrected chi connectivity index (χ2v) is 17.3. The van der Waals surface area contributed by atoms with Crippen LogP contribution in [0, 0.1) is 44.0 Å². The van der Waals surface area contributed by atoms with Crippen LogP contribution in [0.1, 0.15) is 56.3 Å². The third kappa shape index (κ3) is 4.09. The highest BCUT2D eigenvalue weighted by molar-refractivity contribution is 14.1. The molecule has 2 N–H and O–H groups in total. The summed E-state index contributed by atoms with van der Waals surface area (Å²) < 4.78 is 32.2. The molecule has 7 bridgehead atoms. The van der Waals surface area contributed by atoms with Gasteiger partial charge in [0.25, 0.3) is 0 Å². The van der Waals surface area contributed by atoms with Crippen LogP contribution >= 0.6 is 22.6 Å². The van der Waals surface area contributed by atoms with E-state index in [4.69, 9.17) is 23.7 Å². The molecule has 8 rings (SSSR count). The van der Waals surface area contributed by atoms with Gasteiger partial charge in [0.1, 0.15) is 11.2 Å². The number of imide groups is 1. The van der Waals surface area contributed by atoms with Crippen LogP contribution in [0.15, 0.2) is 18.2 Å². The molecule has 2 aliphatic heterocycles. The molecule has 0 unspecified atom stereocenters. The highest BCUT2D eigenvalue weighted by atomic mass is 125. The van der Waals surface area contributed by atoms with Crippen LogP contribution in [0.3, 0.4) is 0 Å². The van der Waals surface area contributed by atoms with Crippen LogP contribution in [0.4, 0.5) is 5.69 Å². The number of rotatable bonds is 9. The van der Waals surface area contributed by atoms with Crippen molar-refractivity contribution in [1.29, 1.82) is 0 Å². The number of anilines is 1. The van der Waals surface area contributed by atoms with E-state index in [0.29, 0.717) is 25.9 Å². The number of amides is 2. The zero-order chi connectivity index (χ0) is 35.7. The first-order chi connectivity index (χ1) is 23.8. The van der Waals surface area contributed by atoms with Crippen molar-refractivity contribution in [2.75, 3.05) is 53.0 Å². The Balaban J connectivity index is 1.24. The molecule has 7 fully saturated rings. The lowest BCUT2D eigenvalue weighted by Gasteiger charge is -2.70. The first-order valence-corrected chi connectivity index (χ1v) is 19.1. The lowest BCUT2D eigenvalue weighted by atomic mass is 9.42. The van der Waals surface area contributed by atoms with E-state index in [9.17, 15) is 24.6 Å². The molecule has 2 amide bonds. The number of hydrogen-bond donors (Lipinski definition) is 2. The predicted molar refractivity (Wildman–Crippen MR) is 187 cm³/mol. The summed E-state index contributed by atoms with van der Waals surface area (Å²) >= 11 is 2.11. The second kappa shape index (κ2) is 11.9. The van der Waals surface area contributed by atoms with E-state index < -0.39 is 46.1 Å². The van der Waals surface area contributed by atoms with Crippen LogP contribution in [0.25, 0.3) is 0 Å².